The van der Waals surface area contributed by atoms with E-state index in [2.05, 4.69) is 10.4 Å². The molecule has 0 aliphatic carbocycles. The zero-order valence-electron chi connectivity index (χ0n) is 18.2. The Morgan fingerprint density at radius 3 is 2.41 bits per heavy atom. The maximum Gasteiger partial charge on any atom is 0.254 e. The molecule has 1 aliphatic rings. The Kier molecular flexibility index (Phi) is 6.84. The summed E-state index contributed by atoms with van der Waals surface area (Å²) in [5, 5.41) is 7.00. The molecule has 0 saturated carbocycles. The van der Waals surface area contributed by atoms with Crippen molar-refractivity contribution in [2.75, 3.05) is 19.6 Å². The fourth-order valence-electron chi connectivity index (χ4n) is 3.83. The topological polar surface area (TPSA) is 76.5 Å². The van der Waals surface area contributed by atoms with Gasteiger partial charge in [0.2, 0.25) is 0 Å². The molecule has 3 aromatic rings. The van der Waals surface area contributed by atoms with Gasteiger partial charge in [-0.2, -0.15) is 5.10 Å². The third-order valence-electron chi connectivity index (χ3n) is 5.77. The van der Waals surface area contributed by atoms with Gasteiger partial charge in [-0.3, -0.25) is 14.3 Å². The van der Waals surface area contributed by atoms with E-state index in [1.54, 1.807) is 24.1 Å². The van der Waals surface area contributed by atoms with Gasteiger partial charge < -0.3 is 15.0 Å². The van der Waals surface area contributed by atoms with Gasteiger partial charge in [0.05, 0.1) is 11.8 Å². The molecule has 0 bridgehead atoms. The van der Waals surface area contributed by atoms with Crippen LogP contribution < -0.4 is 10.1 Å². The van der Waals surface area contributed by atoms with E-state index in [9.17, 15) is 9.59 Å². The molecule has 1 saturated heterocycles. The van der Waals surface area contributed by atoms with Gasteiger partial charge in [0.25, 0.3) is 11.8 Å². The quantitative estimate of drug-likeness (QED) is 0.622. The number of para-hydroxylation sites is 1. The predicted octanol–water partition coefficient (Wildman–Crippen LogP) is 3.28. The summed E-state index contributed by atoms with van der Waals surface area (Å²) >= 11 is 0. The minimum absolute atomic E-state index is 0.0540. The molecule has 2 aromatic carbocycles. The van der Waals surface area contributed by atoms with Crippen LogP contribution in [0.15, 0.2) is 67.0 Å². The normalized spacial score (nSPS) is 14.2. The number of rotatable bonds is 7. The molecule has 1 aromatic heterocycles. The second kappa shape index (κ2) is 10.1. The molecule has 0 unspecified atom stereocenters. The Bertz CT molecular complexity index is 1040. The van der Waals surface area contributed by atoms with Crippen LogP contribution in [0.25, 0.3) is 0 Å². The van der Waals surface area contributed by atoms with Crippen LogP contribution in [0.2, 0.25) is 0 Å². The summed E-state index contributed by atoms with van der Waals surface area (Å²) in [5.41, 5.74) is 2.28. The van der Waals surface area contributed by atoms with Gasteiger partial charge in [0.15, 0.2) is 0 Å². The third kappa shape index (κ3) is 5.55. The van der Waals surface area contributed by atoms with Crippen molar-refractivity contribution in [2.45, 2.75) is 19.4 Å². The number of hydrogen-bond donors (Lipinski definition) is 1. The number of nitrogens with zero attached hydrogens (tertiary/aromatic N) is 3. The lowest BCUT2D eigenvalue weighted by atomic mass is 9.96. The summed E-state index contributed by atoms with van der Waals surface area (Å²) in [4.78, 5) is 26.9. The number of aromatic nitrogens is 2. The van der Waals surface area contributed by atoms with Gasteiger partial charge in [-0.1, -0.05) is 30.3 Å². The SMILES string of the molecule is Cn1cc(C(=O)NCC2CCN(C(=O)c3ccc(COc4ccccc4)cc3)CC2)cn1. The third-order valence-corrected chi connectivity index (χ3v) is 5.77. The molecule has 166 valence electrons. The van der Waals surface area contributed by atoms with Gasteiger partial charge in [-0.25, -0.2) is 0 Å². The number of nitrogens with one attached hydrogen (secondary N) is 1. The highest BCUT2D eigenvalue weighted by atomic mass is 16.5. The number of ether oxygens (including phenoxy) is 1. The van der Waals surface area contributed by atoms with Gasteiger partial charge in [0.1, 0.15) is 12.4 Å². The van der Waals surface area contributed by atoms with E-state index in [1.165, 1.54) is 0 Å². The molecule has 7 heteroatoms. The Hall–Kier alpha value is -3.61. The highest BCUT2D eigenvalue weighted by molar-refractivity contribution is 5.94. The maximum atomic E-state index is 12.9. The first-order chi connectivity index (χ1) is 15.6. The number of amides is 2. The average molecular weight is 433 g/mol. The highest BCUT2D eigenvalue weighted by Crippen LogP contribution is 2.19. The second-order valence-corrected chi connectivity index (χ2v) is 8.15. The summed E-state index contributed by atoms with van der Waals surface area (Å²) < 4.78 is 7.37. The van der Waals surface area contributed by atoms with Gasteiger partial charge in [-0.15, -0.1) is 0 Å². The molecule has 32 heavy (non-hydrogen) atoms. The summed E-state index contributed by atoms with van der Waals surface area (Å²) in [7, 11) is 1.79. The van der Waals surface area contributed by atoms with E-state index in [4.69, 9.17) is 4.74 Å². The number of carbonyl (C=O) groups excluding carboxylic acids is 2. The Morgan fingerprint density at radius 2 is 1.75 bits per heavy atom. The van der Waals surface area contributed by atoms with Crippen molar-refractivity contribution in [3.8, 4) is 5.75 Å². The Labute approximate surface area is 188 Å². The standard InChI is InChI=1S/C25H28N4O3/c1-28-17-22(16-27-28)24(30)26-15-19-11-13-29(14-12-19)25(31)21-9-7-20(8-10-21)18-32-23-5-3-2-4-6-23/h2-10,16-17,19H,11-15,18H2,1H3,(H,26,30). The molecule has 1 N–H and O–H groups in total. The first-order valence-electron chi connectivity index (χ1n) is 10.9. The van der Waals surface area contributed by atoms with Gasteiger partial charge >= 0.3 is 0 Å². The van der Waals surface area contributed by atoms with Crippen LogP contribution in [-0.4, -0.2) is 46.1 Å². The van der Waals surface area contributed by atoms with Crippen LogP contribution in [-0.2, 0) is 13.7 Å². The van der Waals surface area contributed by atoms with E-state index in [-0.39, 0.29) is 11.8 Å². The maximum absolute atomic E-state index is 12.9. The van der Waals surface area contributed by atoms with Crippen LogP contribution >= 0.6 is 0 Å². The van der Waals surface area contributed by atoms with Crippen molar-refractivity contribution < 1.29 is 14.3 Å². The number of benzene rings is 2. The number of carbonyl (C=O) groups is 2. The summed E-state index contributed by atoms with van der Waals surface area (Å²) in [6.45, 7) is 2.48. The molecule has 7 nitrogen and oxygen atoms in total. The van der Waals surface area contributed by atoms with E-state index >= 15 is 0 Å². The molecule has 0 atom stereocenters. The lowest BCUT2D eigenvalue weighted by molar-refractivity contribution is 0.0684. The van der Waals surface area contributed by atoms with Crippen molar-refractivity contribution in [1.29, 1.82) is 0 Å². The summed E-state index contributed by atoms with van der Waals surface area (Å²) in [6.07, 6.45) is 5.02. The Balaban J connectivity index is 1.22. The molecule has 2 amide bonds. The largest absolute Gasteiger partial charge is 0.489 e. The molecule has 1 fully saturated rings. The molecular weight excluding hydrogens is 404 g/mol. The van der Waals surface area contributed by atoms with Crippen molar-refractivity contribution >= 4 is 11.8 Å². The van der Waals surface area contributed by atoms with Crippen LogP contribution in [0, 0.1) is 5.92 Å². The summed E-state index contributed by atoms with van der Waals surface area (Å²) in [6, 6.07) is 17.3. The lowest BCUT2D eigenvalue weighted by Gasteiger charge is -2.32. The fourth-order valence-corrected chi connectivity index (χ4v) is 3.83. The zero-order valence-corrected chi connectivity index (χ0v) is 18.2. The monoisotopic (exact) mass is 432 g/mol. The smallest absolute Gasteiger partial charge is 0.254 e. The number of piperidine rings is 1. The van der Waals surface area contributed by atoms with Crippen molar-refractivity contribution in [3.05, 3.63) is 83.7 Å². The summed E-state index contributed by atoms with van der Waals surface area (Å²) in [5.74, 6) is 1.15. The number of hydrogen-bond acceptors (Lipinski definition) is 4. The zero-order chi connectivity index (χ0) is 22.3. The molecule has 0 radical (unpaired) electrons. The van der Waals surface area contributed by atoms with Crippen molar-refractivity contribution in [1.82, 2.24) is 20.0 Å². The van der Waals surface area contributed by atoms with E-state index < -0.39 is 0 Å². The first-order valence-corrected chi connectivity index (χ1v) is 10.9. The molecule has 4 rings (SSSR count). The predicted molar refractivity (Wildman–Crippen MR) is 121 cm³/mol. The van der Waals surface area contributed by atoms with Gasteiger partial charge in [-0.05, 0) is 48.6 Å². The van der Waals surface area contributed by atoms with Crippen molar-refractivity contribution in [3.63, 3.8) is 0 Å². The fraction of sp³-hybridized carbons (Fsp3) is 0.320. The van der Waals surface area contributed by atoms with Gasteiger partial charge in [0, 0.05) is 38.4 Å². The highest BCUT2D eigenvalue weighted by Gasteiger charge is 2.24. The average Bonchev–Trinajstić information content (AvgIpc) is 3.28. The minimum Gasteiger partial charge on any atom is -0.489 e. The minimum atomic E-state index is -0.104. The van der Waals surface area contributed by atoms with Crippen LogP contribution in [0.1, 0.15) is 39.1 Å². The van der Waals surface area contributed by atoms with Crippen LogP contribution in [0.3, 0.4) is 0 Å². The van der Waals surface area contributed by atoms with Crippen LogP contribution in [0.4, 0.5) is 0 Å². The lowest BCUT2D eigenvalue weighted by Crippen LogP contribution is -2.41. The van der Waals surface area contributed by atoms with E-state index in [1.807, 2.05) is 59.5 Å². The number of likely N-dealkylation sites (tertiary alicyclic amines) is 1. The molecule has 2 heterocycles. The second-order valence-electron chi connectivity index (χ2n) is 8.15. The van der Waals surface area contributed by atoms with Crippen LogP contribution in [0.5, 0.6) is 5.75 Å². The Morgan fingerprint density at radius 1 is 1.03 bits per heavy atom. The molecular formula is C25H28N4O3. The molecule has 1 aliphatic heterocycles. The van der Waals surface area contributed by atoms with E-state index in [0.717, 1.165) is 24.2 Å². The first kappa shape index (κ1) is 21.6. The van der Waals surface area contributed by atoms with E-state index in [0.29, 0.717) is 43.3 Å². The van der Waals surface area contributed by atoms with Crippen molar-refractivity contribution in [2.24, 2.45) is 13.0 Å². The number of aryl methyl sites for hydroxylation is 1. The molecule has 0 spiro atoms.